The molecule has 2 aliphatic rings. The summed E-state index contributed by atoms with van der Waals surface area (Å²) in [5, 5.41) is 15.4. The van der Waals surface area contributed by atoms with E-state index in [0.717, 1.165) is 32.1 Å². The van der Waals surface area contributed by atoms with Gasteiger partial charge in [-0.05, 0) is 32.1 Å². The third-order valence-electron chi connectivity index (χ3n) is 5.15. The van der Waals surface area contributed by atoms with E-state index in [1.165, 1.54) is 18.6 Å². The maximum atomic E-state index is 12.1. The summed E-state index contributed by atoms with van der Waals surface area (Å²) >= 11 is 0. The van der Waals surface area contributed by atoms with Crippen LogP contribution in [0.25, 0.3) is 0 Å². The summed E-state index contributed by atoms with van der Waals surface area (Å²) in [6.45, 7) is 0.329. The first-order valence-electron chi connectivity index (χ1n) is 9.28. The van der Waals surface area contributed by atoms with Crippen LogP contribution in [-0.2, 0) is 9.53 Å². The van der Waals surface area contributed by atoms with Gasteiger partial charge in [-0.1, -0.05) is 6.42 Å². The van der Waals surface area contributed by atoms with Crippen LogP contribution in [0.4, 0.5) is 0 Å². The van der Waals surface area contributed by atoms with Crippen molar-refractivity contribution >= 4 is 11.8 Å². The summed E-state index contributed by atoms with van der Waals surface area (Å²) in [4.78, 5) is 31.9. The minimum Gasteiger partial charge on any atom is -0.394 e. The average molecular weight is 362 g/mol. The summed E-state index contributed by atoms with van der Waals surface area (Å²) in [6, 6.07) is -0.140. The maximum Gasteiger partial charge on any atom is 0.271 e. The molecular formula is C18H26N4O4. The molecule has 142 valence electrons. The van der Waals surface area contributed by atoms with E-state index in [9.17, 15) is 14.7 Å². The van der Waals surface area contributed by atoms with E-state index in [0.29, 0.717) is 13.0 Å². The van der Waals surface area contributed by atoms with Gasteiger partial charge in [0.15, 0.2) is 0 Å². The number of nitrogens with one attached hydrogen (secondary N) is 2. The fraction of sp³-hybridized carbons (Fsp3) is 0.667. The Bertz CT molecular complexity index is 608. The third-order valence-corrected chi connectivity index (χ3v) is 5.15. The highest BCUT2D eigenvalue weighted by Crippen LogP contribution is 2.28. The number of ether oxygens (including phenoxy) is 1. The molecule has 0 spiro atoms. The standard InChI is InChI=1S/C18H26N4O4/c23-11-16-14(22-17(24)12-2-1-3-12)5-4-13(26-16)6-7-21-18(25)15-10-19-8-9-20-15/h8-10,12-14,16,23H,1-7,11H2,(H,21,25)(H,22,24)/t13-,14-,16+/m0/s1. The van der Waals surface area contributed by atoms with E-state index in [2.05, 4.69) is 20.6 Å². The summed E-state index contributed by atoms with van der Waals surface area (Å²) in [6.07, 6.45) is 9.19. The molecule has 1 saturated heterocycles. The Balaban J connectivity index is 1.40. The van der Waals surface area contributed by atoms with Gasteiger partial charge in [0.25, 0.3) is 5.91 Å². The third kappa shape index (κ3) is 4.76. The van der Waals surface area contributed by atoms with Crippen LogP contribution in [0.1, 0.15) is 49.0 Å². The second-order valence-electron chi connectivity index (χ2n) is 6.93. The Morgan fingerprint density at radius 3 is 2.73 bits per heavy atom. The van der Waals surface area contributed by atoms with Gasteiger partial charge in [0, 0.05) is 24.9 Å². The van der Waals surface area contributed by atoms with Gasteiger partial charge in [-0.15, -0.1) is 0 Å². The molecular weight excluding hydrogens is 336 g/mol. The van der Waals surface area contributed by atoms with E-state index in [1.54, 1.807) is 0 Å². The smallest absolute Gasteiger partial charge is 0.271 e. The zero-order chi connectivity index (χ0) is 18.4. The van der Waals surface area contributed by atoms with E-state index >= 15 is 0 Å². The molecule has 1 aromatic heterocycles. The van der Waals surface area contributed by atoms with E-state index in [1.807, 2.05) is 0 Å². The SMILES string of the molecule is O=C(NCC[C@@H]1CC[C@H](NC(=O)C2CCC2)[C@@H](CO)O1)c1cnccn1. The highest BCUT2D eigenvalue weighted by molar-refractivity contribution is 5.91. The van der Waals surface area contributed by atoms with Crippen LogP contribution >= 0.6 is 0 Å². The number of hydrogen-bond donors (Lipinski definition) is 3. The Hall–Kier alpha value is -2.06. The molecule has 0 bridgehead atoms. The van der Waals surface area contributed by atoms with Crippen LogP contribution in [0, 0.1) is 5.92 Å². The maximum absolute atomic E-state index is 12.1. The molecule has 3 rings (SSSR count). The normalized spacial score (nSPS) is 26.0. The van der Waals surface area contributed by atoms with Gasteiger partial charge >= 0.3 is 0 Å². The number of amides is 2. The van der Waals surface area contributed by atoms with Crippen molar-refractivity contribution in [2.24, 2.45) is 5.92 Å². The van der Waals surface area contributed by atoms with Gasteiger partial charge in [-0.2, -0.15) is 0 Å². The number of hydrogen-bond acceptors (Lipinski definition) is 6. The topological polar surface area (TPSA) is 113 Å². The first-order chi connectivity index (χ1) is 12.7. The van der Waals surface area contributed by atoms with Crippen molar-refractivity contribution in [1.82, 2.24) is 20.6 Å². The number of carbonyl (C=O) groups excluding carboxylic acids is 2. The van der Waals surface area contributed by atoms with Gasteiger partial charge in [0.05, 0.1) is 24.9 Å². The van der Waals surface area contributed by atoms with Gasteiger partial charge in [0.2, 0.25) is 5.91 Å². The number of aromatic nitrogens is 2. The van der Waals surface area contributed by atoms with Gasteiger partial charge in [-0.3, -0.25) is 14.6 Å². The van der Waals surface area contributed by atoms with Crippen LogP contribution in [0.5, 0.6) is 0 Å². The summed E-state index contributed by atoms with van der Waals surface area (Å²) in [7, 11) is 0. The van der Waals surface area contributed by atoms with E-state index in [-0.39, 0.29) is 42.2 Å². The number of rotatable bonds is 7. The molecule has 1 aliphatic heterocycles. The van der Waals surface area contributed by atoms with Gasteiger partial charge in [0.1, 0.15) is 11.8 Å². The van der Waals surface area contributed by atoms with Crippen molar-refractivity contribution in [3.05, 3.63) is 24.3 Å². The first-order valence-corrected chi connectivity index (χ1v) is 9.28. The molecule has 26 heavy (non-hydrogen) atoms. The lowest BCUT2D eigenvalue weighted by atomic mass is 9.84. The molecule has 1 aromatic rings. The number of aliphatic hydroxyl groups is 1. The Labute approximate surface area is 152 Å². The lowest BCUT2D eigenvalue weighted by Gasteiger charge is -2.37. The molecule has 8 heteroatoms. The highest BCUT2D eigenvalue weighted by Gasteiger charge is 2.34. The van der Waals surface area contributed by atoms with Crippen LogP contribution in [-0.4, -0.2) is 58.3 Å². The second-order valence-corrected chi connectivity index (χ2v) is 6.93. The molecule has 1 saturated carbocycles. The lowest BCUT2D eigenvalue weighted by molar-refractivity contribution is -0.134. The molecule has 1 aliphatic carbocycles. The van der Waals surface area contributed by atoms with Crippen molar-refractivity contribution in [3.63, 3.8) is 0 Å². The predicted molar refractivity (Wildman–Crippen MR) is 93.2 cm³/mol. The van der Waals surface area contributed by atoms with Crippen LogP contribution in [0.15, 0.2) is 18.6 Å². The van der Waals surface area contributed by atoms with Crippen molar-refractivity contribution in [3.8, 4) is 0 Å². The Morgan fingerprint density at radius 2 is 2.08 bits per heavy atom. The van der Waals surface area contributed by atoms with Crippen LogP contribution in [0.2, 0.25) is 0 Å². The Morgan fingerprint density at radius 1 is 1.23 bits per heavy atom. The Kier molecular flexibility index (Phi) is 6.51. The van der Waals surface area contributed by atoms with Gasteiger partial charge < -0.3 is 20.5 Å². The molecule has 0 unspecified atom stereocenters. The summed E-state index contributed by atoms with van der Waals surface area (Å²) in [5.41, 5.74) is 0.282. The van der Waals surface area contributed by atoms with Gasteiger partial charge in [-0.25, -0.2) is 4.98 Å². The van der Waals surface area contributed by atoms with Crippen LogP contribution in [0.3, 0.4) is 0 Å². The quantitative estimate of drug-likeness (QED) is 0.648. The molecule has 8 nitrogen and oxygen atoms in total. The fourth-order valence-electron chi connectivity index (χ4n) is 3.33. The number of aliphatic hydroxyl groups excluding tert-OH is 1. The number of nitrogens with zero attached hydrogens (tertiary/aromatic N) is 2. The minimum absolute atomic E-state index is 0.0498. The molecule has 3 atom stereocenters. The van der Waals surface area contributed by atoms with Crippen molar-refractivity contribution < 1.29 is 19.4 Å². The lowest BCUT2D eigenvalue weighted by Crippen LogP contribution is -2.53. The monoisotopic (exact) mass is 362 g/mol. The summed E-state index contributed by atoms with van der Waals surface area (Å²) in [5.74, 6) is -0.0559. The predicted octanol–water partition coefficient (Wildman–Crippen LogP) is 0.421. The average Bonchev–Trinajstić information content (AvgIpc) is 2.62. The summed E-state index contributed by atoms with van der Waals surface area (Å²) < 4.78 is 5.92. The number of carbonyl (C=O) groups is 2. The minimum atomic E-state index is -0.395. The largest absolute Gasteiger partial charge is 0.394 e. The highest BCUT2D eigenvalue weighted by atomic mass is 16.5. The molecule has 0 radical (unpaired) electrons. The molecule has 2 fully saturated rings. The zero-order valence-electron chi connectivity index (χ0n) is 14.8. The van der Waals surface area contributed by atoms with Crippen molar-refractivity contribution in [2.75, 3.05) is 13.2 Å². The molecule has 2 heterocycles. The van der Waals surface area contributed by atoms with E-state index < -0.39 is 6.10 Å². The van der Waals surface area contributed by atoms with Crippen molar-refractivity contribution in [2.45, 2.75) is 56.8 Å². The first kappa shape index (κ1) is 18.7. The fourth-order valence-corrected chi connectivity index (χ4v) is 3.33. The molecule has 3 N–H and O–H groups in total. The zero-order valence-corrected chi connectivity index (χ0v) is 14.8. The van der Waals surface area contributed by atoms with E-state index in [4.69, 9.17) is 4.74 Å². The van der Waals surface area contributed by atoms with Crippen LogP contribution < -0.4 is 10.6 Å². The second kappa shape index (κ2) is 9.05. The van der Waals surface area contributed by atoms with Crippen molar-refractivity contribution in [1.29, 1.82) is 0 Å². The molecule has 2 amide bonds. The molecule has 0 aromatic carbocycles.